The van der Waals surface area contributed by atoms with E-state index in [0.29, 0.717) is 12.8 Å². The van der Waals surface area contributed by atoms with Gasteiger partial charge in [-0.2, -0.15) is 0 Å². The van der Waals surface area contributed by atoms with E-state index in [9.17, 15) is 40.5 Å². The molecule has 1 heterocycles. The molecule has 0 aromatic rings. The van der Waals surface area contributed by atoms with Crippen LogP contribution < -0.4 is 5.32 Å². The van der Waals surface area contributed by atoms with Gasteiger partial charge < -0.3 is 50.5 Å². The first kappa shape index (κ1) is 45.6. The molecule has 0 spiro atoms. The highest BCUT2D eigenvalue weighted by Gasteiger charge is 2.44. The van der Waals surface area contributed by atoms with Crippen molar-refractivity contribution in [3.63, 3.8) is 0 Å². The lowest BCUT2D eigenvalue weighted by molar-refractivity contribution is -0.303. The molecule has 1 rings (SSSR count). The van der Waals surface area contributed by atoms with Gasteiger partial charge in [-0.1, -0.05) is 109 Å². The maximum absolute atomic E-state index is 12.9. The Morgan fingerprint density at radius 2 is 1.24 bits per heavy atom. The average Bonchev–Trinajstić information content (AvgIpc) is 3.10. The summed E-state index contributed by atoms with van der Waals surface area (Å²) in [5.74, 6) is -0.719. The van der Waals surface area contributed by atoms with Crippen LogP contribution in [-0.2, 0) is 14.3 Å². The maximum Gasteiger partial charge on any atom is 0.249 e. The minimum absolute atomic E-state index is 0.246. The number of ether oxygens (including phenoxy) is 2. The molecular formula is C38H71NO10. The highest BCUT2D eigenvalue weighted by molar-refractivity contribution is 5.80. The van der Waals surface area contributed by atoms with Crippen molar-refractivity contribution in [3.8, 4) is 0 Å². The zero-order valence-corrected chi connectivity index (χ0v) is 30.4. The topological polar surface area (TPSA) is 189 Å². The van der Waals surface area contributed by atoms with Crippen molar-refractivity contribution >= 4 is 5.91 Å². The van der Waals surface area contributed by atoms with E-state index >= 15 is 0 Å². The smallest absolute Gasteiger partial charge is 0.249 e. The highest BCUT2D eigenvalue weighted by atomic mass is 16.7. The van der Waals surface area contributed by atoms with Crippen LogP contribution in [-0.4, -0.2) is 110 Å². The number of carbonyl (C=O) groups is 1. The molecule has 1 amide bonds. The Hall–Kier alpha value is -1.41. The van der Waals surface area contributed by atoms with E-state index < -0.39 is 74.2 Å². The van der Waals surface area contributed by atoms with E-state index in [1.165, 1.54) is 44.9 Å². The van der Waals surface area contributed by atoms with Crippen LogP contribution in [0.5, 0.6) is 0 Å². The summed E-state index contributed by atoms with van der Waals surface area (Å²) >= 11 is 0. The Labute approximate surface area is 295 Å². The predicted molar refractivity (Wildman–Crippen MR) is 192 cm³/mol. The van der Waals surface area contributed by atoms with Crippen molar-refractivity contribution in [1.29, 1.82) is 0 Å². The summed E-state index contributed by atoms with van der Waals surface area (Å²) in [5.41, 5.74) is 0. The van der Waals surface area contributed by atoms with Gasteiger partial charge in [0.15, 0.2) is 6.29 Å². The fourth-order valence-electron chi connectivity index (χ4n) is 5.91. The fourth-order valence-corrected chi connectivity index (χ4v) is 5.91. The first-order valence-electron chi connectivity index (χ1n) is 19.2. The summed E-state index contributed by atoms with van der Waals surface area (Å²) in [6, 6.07) is -1.18. The molecule has 0 aliphatic carbocycles. The second-order valence-electron chi connectivity index (χ2n) is 13.6. The average molecular weight is 702 g/mol. The predicted octanol–water partition coefficient (Wildman–Crippen LogP) is 4.32. The largest absolute Gasteiger partial charge is 0.394 e. The molecule has 11 nitrogen and oxygen atoms in total. The van der Waals surface area contributed by atoms with Crippen molar-refractivity contribution < 1.29 is 50.0 Å². The Morgan fingerprint density at radius 3 is 1.84 bits per heavy atom. The molecule has 49 heavy (non-hydrogen) atoms. The molecule has 11 heteroatoms. The summed E-state index contributed by atoms with van der Waals surface area (Å²) < 4.78 is 11.0. The minimum atomic E-state index is -1.66. The van der Waals surface area contributed by atoms with Crippen molar-refractivity contribution in [3.05, 3.63) is 24.3 Å². The van der Waals surface area contributed by atoms with E-state index in [4.69, 9.17) is 9.47 Å². The third-order valence-corrected chi connectivity index (χ3v) is 9.21. The van der Waals surface area contributed by atoms with E-state index in [-0.39, 0.29) is 12.8 Å². The molecule has 0 saturated carbocycles. The number of carbonyl (C=O) groups excluding carboxylic acids is 1. The zero-order valence-electron chi connectivity index (χ0n) is 30.4. The second-order valence-corrected chi connectivity index (χ2v) is 13.6. The summed E-state index contributed by atoms with van der Waals surface area (Å²) in [7, 11) is 0. The van der Waals surface area contributed by atoms with Gasteiger partial charge in [0, 0.05) is 0 Å². The fraction of sp³-hybridized carbons (Fsp3) is 0.868. The SMILES string of the molecule is CCC/C=C/CCCC(O)C(O)C(COC1OC(CO)C(O)C(O)C1O)NC(=O)C(O)CCCCCCCC/C=C\CCCCCCCC. The van der Waals surface area contributed by atoms with Crippen LogP contribution in [0.25, 0.3) is 0 Å². The number of amides is 1. The number of hydrogen-bond acceptors (Lipinski definition) is 10. The molecule has 8 N–H and O–H groups in total. The van der Waals surface area contributed by atoms with Gasteiger partial charge >= 0.3 is 0 Å². The molecule has 0 aromatic carbocycles. The first-order chi connectivity index (χ1) is 23.7. The first-order valence-corrected chi connectivity index (χ1v) is 19.2. The number of aliphatic hydroxyl groups is 7. The van der Waals surface area contributed by atoms with Gasteiger partial charge in [0.05, 0.1) is 25.4 Å². The third-order valence-electron chi connectivity index (χ3n) is 9.21. The van der Waals surface area contributed by atoms with E-state index in [1.807, 2.05) is 6.08 Å². The normalized spacial score (nSPS) is 24.0. The molecule has 1 fully saturated rings. The van der Waals surface area contributed by atoms with Gasteiger partial charge in [-0.15, -0.1) is 0 Å². The Morgan fingerprint density at radius 1 is 0.694 bits per heavy atom. The molecule has 0 radical (unpaired) electrons. The third kappa shape index (κ3) is 20.3. The lowest BCUT2D eigenvalue weighted by Gasteiger charge is -2.40. The zero-order chi connectivity index (χ0) is 36.3. The van der Waals surface area contributed by atoms with E-state index in [1.54, 1.807) is 0 Å². The van der Waals surface area contributed by atoms with Crippen LogP contribution in [0.3, 0.4) is 0 Å². The van der Waals surface area contributed by atoms with Crippen LogP contribution in [0.1, 0.15) is 142 Å². The van der Waals surface area contributed by atoms with Gasteiger partial charge in [0.1, 0.15) is 36.6 Å². The quantitative estimate of drug-likeness (QED) is 0.0396. The molecule has 1 aliphatic heterocycles. The van der Waals surface area contributed by atoms with Crippen LogP contribution in [0.15, 0.2) is 24.3 Å². The Kier molecular flexibility index (Phi) is 27.2. The maximum atomic E-state index is 12.9. The number of nitrogens with one attached hydrogen (secondary N) is 1. The number of aliphatic hydroxyl groups excluding tert-OH is 7. The van der Waals surface area contributed by atoms with Gasteiger partial charge in [0.25, 0.3) is 0 Å². The minimum Gasteiger partial charge on any atom is -0.394 e. The molecule has 0 bridgehead atoms. The van der Waals surface area contributed by atoms with Gasteiger partial charge in [0.2, 0.25) is 5.91 Å². The Balaban J connectivity index is 2.49. The number of allylic oxidation sites excluding steroid dienone is 4. The molecular weight excluding hydrogens is 630 g/mol. The number of unbranched alkanes of at least 4 members (excludes halogenated alkanes) is 14. The highest BCUT2D eigenvalue weighted by Crippen LogP contribution is 2.23. The molecule has 288 valence electrons. The second kappa shape index (κ2) is 29.2. The molecule has 9 unspecified atom stereocenters. The molecule has 1 aliphatic rings. The monoisotopic (exact) mass is 702 g/mol. The van der Waals surface area contributed by atoms with E-state index in [2.05, 4.69) is 37.4 Å². The summed E-state index contributed by atoms with van der Waals surface area (Å²) in [6.07, 6.45) is 17.2. The van der Waals surface area contributed by atoms with Gasteiger partial charge in [-0.25, -0.2) is 0 Å². The van der Waals surface area contributed by atoms with Crippen LogP contribution in [0.4, 0.5) is 0 Å². The Bertz CT molecular complexity index is 856. The molecule has 9 atom stereocenters. The van der Waals surface area contributed by atoms with Crippen molar-refractivity contribution in [1.82, 2.24) is 5.32 Å². The van der Waals surface area contributed by atoms with Gasteiger partial charge in [-0.3, -0.25) is 4.79 Å². The lowest BCUT2D eigenvalue weighted by Crippen LogP contribution is -2.60. The molecule has 1 saturated heterocycles. The van der Waals surface area contributed by atoms with Gasteiger partial charge in [-0.05, 0) is 57.8 Å². The molecule has 0 aromatic heterocycles. The summed E-state index contributed by atoms with van der Waals surface area (Å²) in [6.45, 7) is 3.25. The van der Waals surface area contributed by atoms with Crippen molar-refractivity contribution in [2.24, 2.45) is 0 Å². The number of hydrogen-bond donors (Lipinski definition) is 8. The summed E-state index contributed by atoms with van der Waals surface area (Å²) in [5, 5.41) is 74.8. The van der Waals surface area contributed by atoms with Crippen molar-refractivity contribution in [2.45, 2.75) is 197 Å². The lowest BCUT2D eigenvalue weighted by atomic mass is 9.98. The van der Waals surface area contributed by atoms with Crippen molar-refractivity contribution in [2.75, 3.05) is 13.2 Å². The summed E-state index contributed by atoms with van der Waals surface area (Å²) in [4.78, 5) is 12.9. The van der Waals surface area contributed by atoms with E-state index in [0.717, 1.165) is 57.8 Å². The number of rotatable bonds is 30. The standard InChI is InChI=1S/C38H71NO10/c1-3-5-7-9-11-12-13-14-15-16-17-18-19-20-22-24-26-31(42)37(47)39-29(33(43)30(41)25-23-21-10-8-6-4-2)28-48-38-36(46)35(45)34(44)32(27-40)49-38/h8,10,14-15,29-36,38,40-46H,3-7,9,11-13,16-28H2,1-2H3,(H,39,47)/b10-8+,15-14-. The van der Waals surface area contributed by atoms with Crippen LogP contribution in [0.2, 0.25) is 0 Å². The van der Waals surface area contributed by atoms with Crippen LogP contribution >= 0.6 is 0 Å². The van der Waals surface area contributed by atoms with Crippen LogP contribution in [0, 0.1) is 0 Å².